The van der Waals surface area contributed by atoms with Crippen molar-refractivity contribution in [1.29, 1.82) is 0 Å². The Hall–Kier alpha value is -7.86. The Morgan fingerprint density at radius 1 is 0.458 bits per heavy atom. The van der Waals surface area contributed by atoms with Crippen molar-refractivity contribution in [1.82, 2.24) is 4.98 Å². The van der Waals surface area contributed by atoms with Gasteiger partial charge in [0.2, 0.25) is 5.13 Å². The highest BCUT2D eigenvalue weighted by atomic mass is 32.1. The van der Waals surface area contributed by atoms with Crippen LogP contribution in [0.25, 0.3) is 10.2 Å². The van der Waals surface area contributed by atoms with Crippen LogP contribution in [0.2, 0.25) is 0 Å². The quantitative estimate of drug-likeness (QED) is 0.00887. The second-order valence-electron chi connectivity index (χ2n) is 25.3. The first-order valence-corrected chi connectivity index (χ1v) is 36.5. The Balaban J connectivity index is 0.839. The van der Waals surface area contributed by atoms with Gasteiger partial charge in [-0.1, -0.05) is 166 Å². The fourth-order valence-electron chi connectivity index (χ4n) is 12.0. The molecule has 2 saturated carbocycles. The summed E-state index contributed by atoms with van der Waals surface area (Å²) >= 11 is 1.55. The van der Waals surface area contributed by atoms with E-state index in [1.54, 1.807) is 60.0 Å². The summed E-state index contributed by atoms with van der Waals surface area (Å²) in [7, 11) is 0. The number of fused-ring (bicyclic) bond motifs is 1. The van der Waals surface area contributed by atoms with Gasteiger partial charge in [0, 0.05) is 24.3 Å². The third-order valence-corrected chi connectivity index (χ3v) is 18.8. The van der Waals surface area contributed by atoms with Crippen LogP contribution in [0.15, 0.2) is 121 Å². The second kappa shape index (κ2) is 44.1. The van der Waals surface area contributed by atoms with Gasteiger partial charge in [-0.05, 0) is 162 Å². The summed E-state index contributed by atoms with van der Waals surface area (Å²) in [6, 6.07) is 27.2. The molecule has 0 aliphatic heterocycles. The minimum atomic E-state index is -0.451. The number of para-hydroxylation sites is 1. The monoisotopic (exact) mass is 1340 g/mol. The van der Waals surface area contributed by atoms with E-state index >= 15 is 0 Å². The van der Waals surface area contributed by atoms with Crippen molar-refractivity contribution in [3.8, 4) is 34.5 Å². The Morgan fingerprint density at radius 3 is 1.26 bits per heavy atom. The molecule has 2 aliphatic carbocycles. The van der Waals surface area contributed by atoms with Crippen molar-refractivity contribution in [3.05, 3.63) is 122 Å². The van der Waals surface area contributed by atoms with Crippen molar-refractivity contribution in [2.45, 2.75) is 212 Å². The summed E-state index contributed by atoms with van der Waals surface area (Å²) < 4.78 is 46.9. The first kappa shape index (κ1) is 75.5. The van der Waals surface area contributed by atoms with Gasteiger partial charge in [-0.2, -0.15) is 5.10 Å². The summed E-state index contributed by atoms with van der Waals surface area (Å²) in [4.78, 5) is 81.8. The number of carbonyl (C=O) groups is 6. The summed E-state index contributed by atoms with van der Waals surface area (Å²) in [6.07, 6.45) is 34.2. The molecule has 18 heteroatoms. The highest BCUT2D eigenvalue weighted by Gasteiger charge is 2.34. The molecule has 0 amide bonds. The lowest BCUT2D eigenvalue weighted by atomic mass is 9.82. The van der Waals surface area contributed by atoms with E-state index in [1.165, 1.54) is 76.4 Å². The van der Waals surface area contributed by atoms with Crippen LogP contribution in [0, 0.1) is 23.7 Å². The van der Waals surface area contributed by atoms with Crippen LogP contribution in [0.5, 0.6) is 34.5 Å². The summed E-state index contributed by atoms with van der Waals surface area (Å²) in [5.41, 5.74) is 1.31. The highest BCUT2D eigenvalue weighted by Crippen LogP contribution is 2.36. The van der Waals surface area contributed by atoms with Gasteiger partial charge in [0.15, 0.2) is 0 Å². The van der Waals surface area contributed by atoms with Crippen LogP contribution in [-0.2, 0) is 38.2 Å². The number of thiazole rings is 1. The van der Waals surface area contributed by atoms with Crippen molar-refractivity contribution < 1.29 is 66.7 Å². The van der Waals surface area contributed by atoms with Gasteiger partial charge in [-0.25, -0.2) is 19.6 Å². The predicted molar refractivity (Wildman–Crippen MR) is 377 cm³/mol. The lowest BCUT2D eigenvalue weighted by Gasteiger charge is -2.26. The first-order valence-electron chi connectivity index (χ1n) is 35.7. The molecular weight excluding hydrogens is 1230 g/mol. The van der Waals surface area contributed by atoms with Crippen molar-refractivity contribution in [2.24, 2.45) is 28.8 Å². The molecule has 1 aromatic heterocycles. The van der Waals surface area contributed by atoms with Crippen LogP contribution in [-0.4, -0.2) is 80.0 Å². The Labute approximate surface area is 573 Å². The number of hydrogen-bond acceptors (Lipinski definition) is 18. The van der Waals surface area contributed by atoms with E-state index in [4.69, 9.17) is 48.0 Å². The summed E-state index contributed by atoms with van der Waals surface area (Å²) in [5, 5.41) is 7.56. The predicted octanol–water partition coefficient (Wildman–Crippen LogP) is 18.4. The zero-order chi connectivity index (χ0) is 67.8. The number of unbranched alkanes of at least 4 members (excludes halogenated alkanes) is 21. The van der Waals surface area contributed by atoms with Gasteiger partial charge < -0.3 is 37.9 Å². The molecule has 0 bridgehead atoms. The number of benzene rings is 4. The van der Waals surface area contributed by atoms with E-state index in [-0.39, 0.29) is 47.2 Å². The maximum Gasteiger partial charge on any atom is 0.330 e. The summed E-state index contributed by atoms with van der Waals surface area (Å²) in [6.45, 7) is 11.8. The van der Waals surface area contributed by atoms with Crippen LogP contribution in [0.4, 0.5) is 5.13 Å². The van der Waals surface area contributed by atoms with Crippen LogP contribution < -0.4 is 33.4 Å². The molecule has 96 heavy (non-hydrogen) atoms. The normalized spacial score (nSPS) is 16.1. The molecular formula is C78H103N3O14S. The van der Waals surface area contributed by atoms with E-state index in [9.17, 15) is 28.8 Å². The zero-order valence-corrected chi connectivity index (χ0v) is 57.6. The average molecular weight is 1340 g/mol. The average Bonchev–Trinajstić information content (AvgIpc) is 1.51. The van der Waals surface area contributed by atoms with Crippen LogP contribution in [0.3, 0.4) is 0 Å². The SMILES string of the molecule is C=CC(=O)OCCCCCCCCCCCCOc1ccc(OC(=O)[C@H]2CC[C@H](C(=O)Oc3ccc(OC(=O)[C@H]4CC[C@H](C(=O)Oc5ccc(OCCCCCCCCCCCCOC(=O)C=C)cc5)CC4)c(/C=N/N(CCCCCC)c4nc5ccccc5s4)c3)CC2)cc1. The smallest absolute Gasteiger partial charge is 0.330 e. The Morgan fingerprint density at radius 2 is 0.833 bits per heavy atom. The van der Waals surface area contributed by atoms with Crippen LogP contribution >= 0.6 is 11.3 Å². The number of carbonyl (C=O) groups excluding carboxylic acids is 6. The highest BCUT2D eigenvalue weighted by molar-refractivity contribution is 7.22. The fourth-order valence-corrected chi connectivity index (χ4v) is 12.9. The molecule has 2 aliphatic rings. The Kier molecular flexibility index (Phi) is 34.7. The molecule has 5 aromatic rings. The van der Waals surface area contributed by atoms with Gasteiger partial charge in [0.25, 0.3) is 0 Å². The molecule has 0 atom stereocenters. The zero-order valence-electron chi connectivity index (χ0n) is 56.7. The lowest BCUT2D eigenvalue weighted by molar-refractivity contribution is -0.145. The maximum absolute atomic E-state index is 14.0. The lowest BCUT2D eigenvalue weighted by Crippen LogP contribution is -2.30. The molecule has 0 N–H and O–H groups in total. The fraction of sp³-hybridized carbons (Fsp3) is 0.538. The number of hydrogen-bond donors (Lipinski definition) is 0. The minimum Gasteiger partial charge on any atom is -0.494 e. The molecule has 1 heterocycles. The molecule has 17 nitrogen and oxygen atoms in total. The molecule has 0 unspecified atom stereocenters. The van der Waals surface area contributed by atoms with E-state index in [1.807, 2.05) is 53.5 Å². The third kappa shape index (κ3) is 28.1. The van der Waals surface area contributed by atoms with Gasteiger partial charge in [0.05, 0.1) is 66.5 Å². The first-order chi connectivity index (χ1) is 47.0. The molecule has 0 saturated heterocycles. The maximum atomic E-state index is 14.0. The topological polar surface area (TPSA) is 205 Å². The molecule has 0 spiro atoms. The van der Waals surface area contributed by atoms with E-state index < -0.39 is 23.8 Å². The molecule has 4 aromatic carbocycles. The number of hydrazone groups is 1. The third-order valence-electron chi connectivity index (χ3n) is 17.8. The number of aromatic nitrogens is 1. The van der Waals surface area contributed by atoms with Crippen molar-refractivity contribution in [3.63, 3.8) is 0 Å². The molecule has 2 fully saturated rings. The second-order valence-corrected chi connectivity index (χ2v) is 26.3. The van der Waals surface area contributed by atoms with Crippen molar-refractivity contribution >= 4 is 68.7 Å². The molecule has 0 radical (unpaired) electrons. The van der Waals surface area contributed by atoms with Crippen molar-refractivity contribution in [2.75, 3.05) is 38.0 Å². The van der Waals surface area contributed by atoms with E-state index in [2.05, 4.69) is 20.1 Å². The van der Waals surface area contributed by atoms with E-state index in [0.29, 0.717) is 101 Å². The van der Waals surface area contributed by atoms with Gasteiger partial charge in [-0.15, -0.1) is 0 Å². The largest absolute Gasteiger partial charge is 0.494 e. The number of ether oxygens (including phenoxy) is 8. The Bertz CT molecular complexity index is 3150. The minimum absolute atomic E-state index is 0.257. The number of esters is 6. The summed E-state index contributed by atoms with van der Waals surface area (Å²) in [5.74, 6) is -0.945. The van der Waals surface area contributed by atoms with Gasteiger partial charge in [-0.3, -0.25) is 19.2 Å². The number of anilines is 1. The van der Waals surface area contributed by atoms with Crippen LogP contribution in [0.1, 0.15) is 218 Å². The molecule has 7 rings (SSSR count). The molecule has 520 valence electrons. The van der Waals surface area contributed by atoms with Gasteiger partial charge in [0.1, 0.15) is 34.5 Å². The number of rotatable bonds is 46. The van der Waals surface area contributed by atoms with E-state index in [0.717, 1.165) is 117 Å². The standard InChI is InChI=1S/C78H103N3O14S/c1-4-7-8-27-52-81(78-80-69-32-25-26-33-71(69)96-78)79-58-63-57-68(94-76(86)61-36-34-59(35-37-61)74(84)92-66-46-42-64(43-47-66)88-53-28-21-17-13-9-11-15-19-23-30-55-90-72(82)5-2)50-51-70(63)95-77(87)62-40-38-60(39-41-62)75(85)93-67-48-44-65(45-49-67)89-54-29-22-18-14-10-12-16-20-24-31-56-91-73(83)6-3/h5-6,25-26,32-33,42-51,57-62H,2-4,7-24,27-31,34-41,52-56H2,1H3/b79-58+/t59-,60-,61-,62-. The van der Waals surface area contributed by atoms with Gasteiger partial charge >= 0.3 is 35.8 Å². The number of nitrogens with zero attached hydrogens (tertiary/aromatic N) is 3.